The van der Waals surface area contributed by atoms with Crippen molar-refractivity contribution in [2.75, 3.05) is 6.54 Å². The lowest BCUT2D eigenvalue weighted by Gasteiger charge is -2.40. The van der Waals surface area contributed by atoms with Crippen LogP contribution in [-0.2, 0) is 16.1 Å². The topological polar surface area (TPSA) is 58.4 Å². The van der Waals surface area contributed by atoms with Gasteiger partial charge in [-0.15, -0.1) is 0 Å². The van der Waals surface area contributed by atoms with E-state index in [-0.39, 0.29) is 23.9 Å². The van der Waals surface area contributed by atoms with E-state index < -0.39 is 0 Å². The van der Waals surface area contributed by atoms with Gasteiger partial charge in [0, 0.05) is 25.0 Å². The number of hydrogen-bond donors (Lipinski definition) is 0. The van der Waals surface area contributed by atoms with Crippen molar-refractivity contribution < 1.29 is 9.59 Å². The van der Waals surface area contributed by atoms with Gasteiger partial charge < -0.3 is 14.4 Å². The Balaban J connectivity index is 1.59. The second-order valence-electron chi connectivity index (χ2n) is 6.31. The van der Waals surface area contributed by atoms with Crippen molar-refractivity contribution in [2.45, 2.75) is 57.3 Å². The van der Waals surface area contributed by atoms with Crippen LogP contribution in [0.3, 0.4) is 0 Å². The van der Waals surface area contributed by atoms with Crippen LogP contribution in [0.2, 0.25) is 0 Å². The molecule has 6 heteroatoms. The second kappa shape index (κ2) is 4.58. The van der Waals surface area contributed by atoms with Gasteiger partial charge in [0.1, 0.15) is 17.9 Å². The Hall–Kier alpha value is -1.85. The molecule has 3 heterocycles. The maximum atomic E-state index is 12.7. The average Bonchev–Trinajstić information content (AvgIpc) is 3.02. The molecule has 2 saturated heterocycles. The molecule has 112 valence electrons. The zero-order valence-corrected chi connectivity index (χ0v) is 12.2. The highest BCUT2D eigenvalue weighted by Gasteiger charge is 2.46. The Bertz CT molecular complexity index is 592. The minimum Gasteiger partial charge on any atom is -0.330 e. The third-order valence-electron chi connectivity index (χ3n) is 4.93. The van der Waals surface area contributed by atoms with Gasteiger partial charge in [-0.25, -0.2) is 4.98 Å². The fraction of sp³-hybridized carbons (Fsp3) is 0.667. The predicted octanol–water partition coefficient (Wildman–Crippen LogP) is 0.940. The SMILES string of the molecule is C[C@H]1C(=O)N2CCC[C@H]2C(=O)N1Cc1nccn1C1CC1. The Morgan fingerprint density at radius 1 is 1.24 bits per heavy atom. The van der Waals surface area contributed by atoms with Crippen molar-refractivity contribution >= 4 is 11.8 Å². The van der Waals surface area contributed by atoms with Gasteiger partial charge in [0.05, 0.1) is 6.54 Å². The number of carbonyl (C=O) groups is 2. The number of amides is 2. The smallest absolute Gasteiger partial charge is 0.246 e. The van der Waals surface area contributed by atoms with Crippen molar-refractivity contribution in [2.24, 2.45) is 0 Å². The average molecular weight is 288 g/mol. The highest BCUT2D eigenvalue weighted by Crippen LogP contribution is 2.36. The van der Waals surface area contributed by atoms with E-state index in [1.54, 1.807) is 16.0 Å². The summed E-state index contributed by atoms with van der Waals surface area (Å²) in [6, 6.07) is -0.0781. The van der Waals surface area contributed by atoms with Crippen molar-refractivity contribution in [1.29, 1.82) is 0 Å². The summed E-state index contributed by atoms with van der Waals surface area (Å²) >= 11 is 0. The van der Waals surface area contributed by atoms with E-state index in [1.807, 2.05) is 13.1 Å². The van der Waals surface area contributed by atoms with Gasteiger partial charge in [0.15, 0.2) is 0 Å². The number of carbonyl (C=O) groups excluding carboxylic acids is 2. The van der Waals surface area contributed by atoms with E-state index in [0.29, 0.717) is 12.6 Å². The Labute approximate surface area is 123 Å². The zero-order valence-electron chi connectivity index (χ0n) is 12.2. The maximum absolute atomic E-state index is 12.7. The molecule has 2 amide bonds. The molecular weight excluding hydrogens is 268 g/mol. The molecule has 1 aromatic heterocycles. The Kier molecular flexibility index (Phi) is 2.80. The fourth-order valence-corrected chi connectivity index (χ4v) is 3.56. The van der Waals surface area contributed by atoms with Crippen molar-refractivity contribution in [3.05, 3.63) is 18.2 Å². The van der Waals surface area contributed by atoms with E-state index >= 15 is 0 Å². The number of imidazole rings is 1. The predicted molar refractivity (Wildman–Crippen MR) is 75.2 cm³/mol. The lowest BCUT2D eigenvalue weighted by Crippen LogP contribution is -2.61. The summed E-state index contributed by atoms with van der Waals surface area (Å²) in [7, 11) is 0. The first-order chi connectivity index (χ1) is 10.2. The van der Waals surface area contributed by atoms with Crippen molar-refractivity contribution in [3.8, 4) is 0 Å². The molecule has 0 radical (unpaired) electrons. The summed E-state index contributed by atoms with van der Waals surface area (Å²) in [6.07, 6.45) is 7.86. The molecule has 3 fully saturated rings. The summed E-state index contributed by atoms with van der Waals surface area (Å²) in [6.45, 7) is 3.00. The van der Waals surface area contributed by atoms with Gasteiger partial charge in [-0.1, -0.05) is 0 Å². The Morgan fingerprint density at radius 3 is 2.81 bits per heavy atom. The monoisotopic (exact) mass is 288 g/mol. The number of nitrogens with zero attached hydrogens (tertiary/aromatic N) is 4. The first-order valence-corrected chi connectivity index (χ1v) is 7.79. The zero-order chi connectivity index (χ0) is 14.6. The first kappa shape index (κ1) is 12.9. The van der Waals surface area contributed by atoms with Gasteiger partial charge in [-0.05, 0) is 32.6 Å². The molecular formula is C15H20N4O2. The molecule has 2 aliphatic heterocycles. The normalized spacial score (nSPS) is 29.2. The van der Waals surface area contributed by atoms with Crippen LogP contribution in [0.4, 0.5) is 0 Å². The molecule has 1 aliphatic carbocycles. The second-order valence-corrected chi connectivity index (χ2v) is 6.31. The van der Waals surface area contributed by atoms with E-state index in [0.717, 1.165) is 25.2 Å². The number of piperazine rings is 1. The van der Waals surface area contributed by atoms with Crippen LogP contribution in [0.25, 0.3) is 0 Å². The fourth-order valence-electron chi connectivity index (χ4n) is 3.56. The van der Waals surface area contributed by atoms with E-state index in [2.05, 4.69) is 9.55 Å². The molecule has 2 atom stereocenters. The van der Waals surface area contributed by atoms with Crippen molar-refractivity contribution in [3.63, 3.8) is 0 Å². The molecule has 0 unspecified atom stereocenters. The molecule has 1 saturated carbocycles. The highest BCUT2D eigenvalue weighted by molar-refractivity contribution is 5.97. The summed E-state index contributed by atoms with van der Waals surface area (Å²) < 4.78 is 2.16. The highest BCUT2D eigenvalue weighted by atomic mass is 16.2. The number of hydrogen-bond acceptors (Lipinski definition) is 3. The quantitative estimate of drug-likeness (QED) is 0.831. The van der Waals surface area contributed by atoms with Crippen LogP contribution >= 0.6 is 0 Å². The molecule has 6 nitrogen and oxygen atoms in total. The first-order valence-electron chi connectivity index (χ1n) is 7.79. The van der Waals surface area contributed by atoms with Crippen LogP contribution in [0.15, 0.2) is 12.4 Å². The third-order valence-corrected chi connectivity index (χ3v) is 4.93. The van der Waals surface area contributed by atoms with Gasteiger partial charge in [0.25, 0.3) is 0 Å². The summed E-state index contributed by atoms with van der Waals surface area (Å²) in [4.78, 5) is 33.0. The molecule has 4 rings (SSSR count). The third kappa shape index (κ3) is 1.96. The minimum atomic E-state index is -0.379. The number of aromatic nitrogens is 2. The largest absolute Gasteiger partial charge is 0.330 e. The maximum Gasteiger partial charge on any atom is 0.246 e. The number of fused-ring (bicyclic) bond motifs is 1. The molecule has 0 spiro atoms. The molecule has 0 bridgehead atoms. The Morgan fingerprint density at radius 2 is 2.05 bits per heavy atom. The van der Waals surface area contributed by atoms with Gasteiger partial charge in [-0.2, -0.15) is 0 Å². The van der Waals surface area contributed by atoms with Crippen LogP contribution < -0.4 is 0 Å². The summed E-state index contributed by atoms with van der Waals surface area (Å²) in [5, 5.41) is 0. The van der Waals surface area contributed by atoms with Crippen LogP contribution in [0, 0.1) is 0 Å². The van der Waals surface area contributed by atoms with Crippen LogP contribution in [0.1, 0.15) is 44.5 Å². The minimum absolute atomic E-state index is 0.0848. The molecule has 0 aromatic carbocycles. The van der Waals surface area contributed by atoms with Crippen molar-refractivity contribution in [1.82, 2.24) is 19.4 Å². The standard InChI is InChI=1S/C15H20N4O2/c1-10-14(20)18-7-2-3-12(18)15(21)19(10)9-13-16-6-8-17(13)11-4-5-11/h6,8,10-12H,2-5,7,9H2,1H3/t10-,12-/m0/s1. The van der Waals surface area contributed by atoms with Gasteiger partial charge in [0.2, 0.25) is 11.8 Å². The lowest BCUT2D eigenvalue weighted by molar-refractivity contribution is -0.159. The van der Waals surface area contributed by atoms with E-state index in [4.69, 9.17) is 0 Å². The number of rotatable bonds is 3. The lowest BCUT2D eigenvalue weighted by atomic mass is 10.1. The van der Waals surface area contributed by atoms with E-state index in [9.17, 15) is 9.59 Å². The van der Waals surface area contributed by atoms with Crippen LogP contribution in [-0.4, -0.2) is 49.8 Å². The summed E-state index contributed by atoms with van der Waals surface area (Å²) in [5.41, 5.74) is 0. The summed E-state index contributed by atoms with van der Waals surface area (Å²) in [5.74, 6) is 1.07. The molecule has 3 aliphatic rings. The molecule has 1 aromatic rings. The van der Waals surface area contributed by atoms with Gasteiger partial charge in [-0.3, -0.25) is 9.59 Å². The van der Waals surface area contributed by atoms with Gasteiger partial charge >= 0.3 is 0 Å². The van der Waals surface area contributed by atoms with E-state index in [1.165, 1.54) is 12.8 Å². The van der Waals surface area contributed by atoms with Crippen LogP contribution in [0.5, 0.6) is 0 Å². The molecule has 21 heavy (non-hydrogen) atoms. The molecule has 0 N–H and O–H groups in total.